The highest BCUT2D eigenvalue weighted by Gasteiger charge is 2.12. The van der Waals surface area contributed by atoms with E-state index in [2.05, 4.69) is 10.4 Å². The summed E-state index contributed by atoms with van der Waals surface area (Å²) in [5.74, 6) is -1.12. The van der Waals surface area contributed by atoms with Crippen LogP contribution in [0.3, 0.4) is 0 Å². The van der Waals surface area contributed by atoms with Gasteiger partial charge in [0, 0.05) is 18.9 Å². The van der Waals surface area contributed by atoms with Crippen LogP contribution in [0.25, 0.3) is 0 Å². The van der Waals surface area contributed by atoms with E-state index < -0.39 is 5.97 Å². The number of hydrogen-bond donors (Lipinski definition) is 2. The molecule has 2 rings (SSSR count). The van der Waals surface area contributed by atoms with Gasteiger partial charge in [-0.25, -0.2) is 0 Å². The van der Waals surface area contributed by atoms with Crippen molar-refractivity contribution < 1.29 is 14.7 Å². The standard InChI is InChI=1S/C15H17N3O3/c1-10(9-14(19)20)11-3-5-12(6-4-11)17-15(21)13-7-8-16-18(13)2/h3-8,10H,9H2,1-2H3,(H,17,21)(H,19,20). The monoisotopic (exact) mass is 287 g/mol. The third kappa shape index (κ3) is 3.68. The van der Waals surface area contributed by atoms with Crippen LogP contribution in [0.1, 0.15) is 35.3 Å². The Morgan fingerprint density at radius 2 is 1.95 bits per heavy atom. The Bertz CT molecular complexity index is 646. The van der Waals surface area contributed by atoms with Gasteiger partial charge >= 0.3 is 5.97 Å². The zero-order chi connectivity index (χ0) is 15.4. The maximum Gasteiger partial charge on any atom is 0.303 e. The van der Waals surface area contributed by atoms with Crippen molar-refractivity contribution in [2.75, 3.05) is 5.32 Å². The third-order valence-corrected chi connectivity index (χ3v) is 3.27. The van der Waals surface area contributed by atoms with E-state index in [9.17, 15) is 9.59 Å². The molecular formula is C15H17N3O3. The van der Waals surface area contributed by atoms with E-state index in [-0.39, 0.29) is 18.2 Å². The lowest BCUT2D eigenvalue weighted by atomic mass is 9.98. The molecule has 0 aliphatic rings. The lowest BCUT2D eigenvalue weighted by molar-refractivity contribution is -0.137. The number of anilines is 1. The van der Waals surface area contributed by atoms with Gasteiger partial charge in [0.15, 0.2) is 0 Å². The number of aromatic nitrogens is 2. The minimum atomic E-state index is -0.823. The first-order valence-corrected chi connectivity index (χ1v) is 6.58. The van der Waals surface area contributed by atoms with Gasteiger partial charge in [-0.1, -0.05) is 19.1 Å². The smallest absolute Gasteiger partial charge is 0.303 e. The molecule has 110 valence electrons. The first kappa shape index (κ1) is 14.8. The number of aliphatic carboxylic acids is 1. The average Bonchev–Trinajstić information content (AvgIpc) is 2.85. The van der Waals surface area contributed by atoms with Gasteiger partial charge in [0.1, 0.15) is 5.69 Å². The number of carboxylic acid groups (broad SMARTS) is 1. The van der Waals surface area contributed by atoms with Crippen LogP contribution < -0.4 is 5.32 Å². The zero-order valence-electron chi connectivity index (χ0n) is 11.9. The number of carbonyl (C=O) groups excluding carboxylic acids is 1. The number of carbonyl (C=O) groups is 2. The second-order valence-electron chi connectivity index (χ2n) is 4.92. The van der Waals surface area contributed by atoms with Crippen molar-refractivity contribution in [2.45, 2.75) is 19.3 Å². The summed E-state index contributed by atoms with van der Waals surface area (Å²) in [6.07, 6.45) is 1.65. The van der Waals surface area contributed by atoms with Crippen LogP contribution in [-0.2, 0) is 11.8 Å². The molecule has 1 aromatic carbocycles. The van der Waals surface area contributed by atoms with Crippen molar-refractivity contribution in [2.24, 2.45) is 7.05 Å². The van der Waals surface area contributed by atoms with E-state index >= 15 is 0 Å². The summed E-state index contributed by atoms with van der Waals surface area (Å²) in [6, 6.07) is 8.82. The molecule has 0 saturated heterocycles. The molecule has 0 aliphatic carbocycles. The predicted molar refractivity (Wildman–Crippen MR) is 78.3 cm³/mol. The Balaban J connectivity index is 2.04. The van der Waals surface area contributed by atoms with Crippen molar-refractivity contribution in [3.63, 3.8) is 0 Å². The van der Waals surface area contributed by atoms with Crippen molar-refractivity contribution >= 4 is 17.6 Å². The Labute approximate surface area is 122 Å². The predicted octanol–water partition coefficient (Wildman–Crippen LogP) is 2.25. The number of nitrogens with one attached hydrogen (secondary N) is 1. The Hall–Kier alpha value is -2.63. The molecule has 21 heavy (non-hydrogen) atoms. The Kier molecular flexibility index (Phi) is 4.37. The Morgan fingerprint density at radius 1 is 1.29 bits per heavy atom. The lowest BCUT2D eigenvalue weighted by Gasteiger charge is -2.10. The molecule has 0 radical (unpaired) electrons. The number of benzene rings is 1. The van der Waals surface area contributed by atoms with Crippen LogP contribution in [0.15, 0.2) is 36.5 Å². The van der Waals surface area contributed by atoms with Gasteiger partial charge in [0.25, 0.3) is 5.91 Å². The van der Waals surface area contributed by atoms with Crippen LogP contribution in [-0.4, -0.2) is 26.8 Å². The quantitative estimate of drug-likeness (QED) is 0.883. The van der Waals surface area contributed by atoms with Gasteiger partial charge in [0.05, 0.1) is 6.42 Å². The largest absolute Gasteiger partial charge is 0.481 e. The van der Waals surface area contributed by atoms with E-state index in [4.69, 9.17) is 5.11 Å². The summed E-state index contributed by atoms with van der Waals surface area (Å²) in [6.45, 7) is 1.86. The maximum atomic E-state index is 12.0. The minimum absolute atomic E-state index is 0.0654. The molecule has 0 spiro atoms. The van der Waals surface area contributed by atoms with E-state index in [0.717, 1.165) is 5.56 Å². The van der Waals surface area contributed by atoms with Gasteiger partial charge in [0.2, 0.25) is 0 Å². The summed E-state index contributed by atoms with van der Waals surface area (Å²) < 4.78 is 1.50. The molecule has 2 N–H and O–H groups in total. The first-order valence-electron chi connectivity index (χ1n) is 6.58. The van der Waals surface area contributed by atoms with Crippen molar-refractivity contribution in [1.29, 1.82) is 0 Å². The molecule has 1 amide bonds. The van der Waals surface area contributed by atoms with Gasteiger partial charge in [-0.05, 0) is 29.7 Å². The number of aryl methyl sites for hydroxylation is 1. The number of rotatable bonds is 5. The van der Waals surface area contributed by atoms with Crippen molar-refractivity contribution in [3.8, 4) is 0 Å². The summed E-state index contributed by atoms with van der Waals surface area (Å²) in [7, 11) is 1.70. The van der Waals surface area contributed by atoms with Crippen molar-refractivity contribution in [3.05, 3.63) is 47.8 Å². The second-order valence-corrected chi connectivity index (χ2v) is 4.92. The van der Waals surface area contributed by atoms with E-state index in [1.54, 1.807) is 31.4 Å². The van der Waals surface area contributed by atoms with Crippen LogP contribution >= 0.6 is 0 Å². The van der Waals surface area contributed by atoms with Gasteiger partial charge in [-0.2, -0.15) is 5.10 Å². The third-order valence-electron chi connectivity index (χ3n) is 3.27. The fraction of sp³-hybridized carbons (Fsp3) is 0.267. The normalized spacial score (nSPS) is 11.9. The SMILES string of the molecule is CC(CC(=O)O)c1ccc(NC(=O)c2ccnn2C)cc1. The summed E-state index contributed by atoms with van der Waals surface area (Å²) >= 11 is 0. The maximum absolute atomic E-state index is 12.0. The molecule has 1 aromatic heterocycles. The summed E-state index contributed by atoms with van der Waals surface area (Å²) in [5.41, 5.74) is 2.06. The highest BCUT2D eigenvalue weighted by molar-refractivity contribution is 6.02. The van der Waals surface area contributed by atoms with E-state index in [0.29, 0.717) is 11.4 Å². The average molecular weight is 287 g/mol. The van der Waals surface area contributed by atoms with Gasteiger partial charge < -0.3 is 10.4 Å². The van der Waals surface area contributed by atoms with Crippen LogP contribution in [0.2, 0.25) is 0 Å². The molecule has 6 nitrogen and oxygen atoms in total. The zero-order valence-corrected chi connectivity index (χ0v) is 11.9. The fourth-order valence-electron chi connectivity index (χ4n) is 2.07. The van der Waals surface area contributed by atoms with Gasteiger partial charge in [-0.3, -0.25) is 14.3 Å². The number of hydrogen-bond acceptors (Lipinski definition) is 3. The Morgan fingerprint density at radius 3 is 2.48 bits per heavy atom. The highest BCUT2D eigenvalue weighted by atomic mass is 16.4. The summed E-state index contributed by atoms with van der Waals surface area (Å²) in [5, 5.41) is 15.5. The molecule has 6 heteroatoms. The van der Waals surface area contributed by atoms with Crippen LogP contribution in [0, 0.1) is 0 Å². The molecule has 1 heterocycles. The van der Waals surface area contributed by atoms with Crippen LogP contribution in [0.4, 0.5) is 5.69 Å². The lowest BCUT2D eigenvalue weighted by Crippen LogP contribution is -2.16. The van der Waals surface area contributed by atoms with Crippen molar-refractivity contribution in [1.82, 2.24) is 9.78 Å². The van der Waals surface area contributed by atoms with Gasteiger partial charge in [-0.15, -0.1) is 0 Å². The topological polar surface area (TPSA) is 84.2 Å². The minimum Gasteiger partial charge on any atom is -0.481 e. The second kappa shape index (κ2) is 6.21. The molecule has 0 bridgehead atoms. The fourth-order valence-corrected chi connectivity index (χ4v) is 2.07. The number of amides is 1. The summed E-state index contributed by atoms with van der Waals surface area (Å²) in [4.78, 5) is 22.7. The molecule has 0 saturated carbocycles. The molecule has 0 aliphatic heterocycles. The first-order chi connectivity index (χ1) is 9.97. The molecular weight excluding hydrogens is 270 g/mol. The van der Waals surface area contributed by atoms with E-state index in [1.807, 2.05) is 19.1 Å². The molecule has 2 aromatic rings. The molecule has 0 fully saturated rings. The molecule has 1 unspecified atom stereocenters. The van der Waals surface area contributed by atoms with Crippen LogP contribution in [0.5, 0.6) is 0 Å². The number of nitrogens with zero attached hydrogens (tertiary/aromatic N) is 2. The number of carboxylic acids is 1. The highest BCUT2D eigenvalue weighted by Crippen LogP contribution is 2.21. The van der Waals surface area contributed by atoms with E-state index in [1.165, 1.54) is 4.68 Å². The molecule has 1 atom stereocenters.